The zero-order chi connectivity index (χ0) is 22.3. The molecule has 1 fully saturated rings. The number of rotatable bonds is 10. The van der Waals surface area contributed by atoms with Crippen LogP contribution in [0.3, 0.4) is 0 Å². The van der Waals surface area contributed by atoms with E-state index >= 15 is 0 Å². The third-order valence-corrected chi connectivity index (χ3v) is 4.71. The van der Waals surface area contributed by atoms with E-state index in [1.807, 2.05) is 25.7 Å². The summed E-state index contributed by atoms with van der Waals surface area (Å²) in [5.74, 6) is -0.585. The molecule has 2 amide bonds. The Kier molecular flexibility index (Phi) is 8.94. The van der Waals surface area contributed by atoms with Crippen molar-refractivity contribution < 1.29 is 27.8 Å². The predicted molar refractivity (Wildman–Crippen MR) is 110 cm³/mol. The van der Waals surface area contributed by atoms with Gasteiger partial charge in [0.05, 0.1) is 12.3 Å². The molecule has 0 spiro atoms. The summed E-state index contributed by atoms with van der Waals surface area (Å²) in [5.41, 5.74) is 6.30. The van der Waals surface area contributed by atoms with E-state index in [-0.39, 0.29) is 30.5 Å². The number of carbonyl (C=O) groups is 2. The highest BCUT2D eigenvalue weighted by atomic mass is 19.3. The highest BCUT2D eigenvalue weighted by Gasteiger charge is 2.26. The van der Waals surface area contributed by atoms with Gasteiger partial charge in [0.15, 0.2) is 5.75 Å². The number of benzene rings is 1. The summed E-state index contributed by atoms with van der Waals surface area (Å²) in [4.78, 5) is 28.3. The van der Waals surface area contributed by atoms with Gasteiger partial charge in [-0.15, -0.1) is 0 Å². The Bertz CT molecular complexity index is 733. The lowest BCUT2D eigenvalue weighted by atomic mass is 10.1. The maximum atomic E-state index is 13.0. The summed E-state index contributed by atoms with van der Waals surface area (Å²) in [6, 6.07) is 3.71. The van der Waals surface area contributed by atoms with Gasteiger partial charge in [0.25, 0.3) is 5.91 Å². The van der Waals surface area contributed by atoms with Crippen molar-refractivity contribution >= 4 is 23.2 Å². The summed E-state index contributed by atoms with van der Waals surface area (Å²) in [7, 11) is 0. The minimum atomic E-state index is -3.09. The summed E-state index contributed by atoms with van der Waals surface area (Å²) < 4.78 is 35.7. The summed E-state index contributed by atoms with van der Waals surface area (Å²) in [5, 5.41) is 2.65. The number of hydrogen-bond acceptors (Lipinski definition) is 6. The van der Waals surface area contributed by atoms with E-state index in [4.69, 9.17) is 10.5 Å². The number of ether oxygens (including phenoxy) is 2. The van der Waals surface area contributed by atoms with Gasteiger partial charge in [0.1, 0.15) is 12.6 Å². The molecule has 0 aromatic heterocycles. The van der Waals surface area contributed by atoms with Crippen LogP contribution in [0.5, 0.6) is 5.75 Å². The van der Waals surface area contributed by atoms with Crippen LogP contribution in [0.4, 0.5) is 20.2 Å². The number of amides is 2. The molecule has 10 heteroatoms. The van der Waals surface area contributed by atoms with Gasteiger partial charge in [-0.3, -0.25) is 14.5 Å². The van der Waals surface area contributed by atoms with E-state index in [1.165, 1.54) is 17.0 Å². The van der Waals surface area contributed by atoms with Crippen LogP contribution in [0.15, 0.2) is 18.2 Å². The van der Waals surface area contributed by atoms with Gasteiger partial charge >= 0.3 is 6.61 Å². The Balaban J connectivity index is 2.26. The molecule has 3 N–H and O–H groups in total. The molecule has 1 atom stereocenters. The van der Waals surface area contributed by atoms with Crippen LogP contribution < -0.4 is 20.7 Å². The van der Waals surface area contributed by atoms with Crippen molar-refractivity contribution in [1.29, 1.82) is 0 Å². The monoisotopic (exact) mass is 428 g/mol. The Hall–Kier alpha value is -2.30. The van der Waals surface area contributed by atoms with Gasteiger partial charge in [0.2, 0.25) is 5.91 Å². The molecule has 1 saturated heterocycles. The lowest BCUT2D eigenvalue weighted by Gasteiger charge is -2.30. The number of morpholine rings is 1. The molecular weight excluding hydrogens is 398 g/mol. The zero-order valence-electron chi connectivity index (χ0n) is 17.6. The van der Waals surface area contributed by atoms with Crippen LogP contribution in [0.2, 0.25) is 0 Å². The van der Waals surface area contributed by atoms with Crippen LogP contribution >= 0.6 is 0 Å². The molecule has 8 nitrogen and oxygen atoms in total. The van der Waals surface area contributed by atoms with Gasteiger partial charge in [-0.05, 0) is 24.6 Å². The normalized spacial score (nSPS) is 15.8. The lowest BCUT2D eigenvalue weighted by molar-refractivity contribution is -0.125. The third kappa shape index (κ3) is 6.35. The predicted octanol–water partition coefficient (Wildman–Crippen LogP) is 1.89. The van der Waals surface area contributed by atoms with E-state index in [1.54, 1.807) is 6.07 Å². The summed E-state index contributed by atoms with van der Waals surface area (Å²) in [6.45, 7) is 4.85. The topological polar surface area (TPSA) is 97.1 Å². The molecule has 0 radical (unpaired) electrons. The molecule has 1 aliphatic rings. The Morgan fingerprint density at radius 1 is 1.40 bits per heavy atom. The molecule has 0 bridgehead atoms. The number of alkyl halides is 2. The maximum absolute atomic E-state index is 13.0. The lowest BCUT2D eigenvalue weighted by Crippen LogP contribution is -2.49. The maximum Gasteiger partial charge on any atom is 0.387 e. The van der Waals surface area contributed by atoms with Crippen molar-refractivity contribution in [3.8, 4) is 5.75 Å². The van der Waals surface area contributed by atoms with Crippen LogP contribution in [-0.2, 0) is 14.3 Å². The number of nitrogens with zero attached hydrogens (tertiary/aromatic N) is 2. The van der Waals surface area contributed by atoms with Crippen LogP contribution in [0.1, 0.15) is 20.8 Å². The first-order chi connectivity index (χ1) is 14.3. The van der Waals surface area contributed by atoms with Crippen molar-refractivity contribution in [2.45, 2.75) is 33.4 Å². The zero-order valence-corrected chi connectivity index (χ0v) is 17.6. The Morgan fingerprint density at radius 2 is 2.13 bits per heavy atom. The Labute approximate surface area is 175 Å². The van der Waals surface area contributed by atoms with Gasteiger partial charge in [-0.2, -0.15) is 8.78 Å². The fourth-order valence-corrected chi connectivity index (χ4v) is 3.35. The second kappa shape index (κ2) is 11.2. The summed E-state index contributed by atoms with van der Waals surface area (Å²) >= 11 is 0. The number of anilines is 2. The van der Waals surface area contributed by atoms with Gasteiger partial charge in [-0.1, -0.05) is 20.8 Å². The second-order valence-corrected chi connectivity index (χ2v) is 7.38. The van der Waals surface area contributed by atoms with E-state index in [9.17, 15) is 18.4 Å². The number of likely N-dealkylation sites (N-methyl/N-ethyl adjacent to an activating group) is 1. The van der Waals surface area contributed by atoms with Crippen molar-refractivity contribution in [2.75, 3.05) is 49.6 Å². The highest BCUT2D eigenvalue weighted by Crippen LogP contribution is 2.32. The smallest absolute Gasteiger partial charge is 0.387 e. The number of nitrogens with two attached hydrogens (primary N) is 1. The van der Waals surface area contributed by atoms with Crippen molar-refractivity contribution in [2.24, 2.45) is 11.7 Å². The highest BCUT2D eigenvalue weighted by molar-refractivity contribution is 5.98. The summed E-state index contributed by atoms with van der Waals surface area (Å²) in [6.07, 6.45) is 0. The van der Waals surface area contributed by atoms with Crippen molar-refractivity contribution in [3.05, 3.63) is 18.2 Å². The molecule has 30 heavy (non-hydrogen) atoms. The first-order valence-electron chi connectivity index (χ1n) is 9.98. The quantitative estimate of drug-likeness (QED) is 0.591. The van der Waals surface area contributed by atoms with Crippen molar-refractivity contribution in [1.82, 2.24) is 4.90 Å². The number of hydrogen-bond donors (Lipinski definition) is 2. The average molecular weight is 428 g/mol. The van der Waals surface area contributed by atoms with Crippen LogP contribution in [-0.4, -0.2) is 68.8 Å². The first-order valence-corrected chi connectivity index (χ1v) is 9.98. The standard InChI is InChI=1S/C20H30F2N4O4/c1-4-25(11-13(2)3)16(10-23)19(28)24-15-6-5-14(9-17(15)30-20(21)22)26-7-8-29-12-18(26)27/h5-6,9,13,16,20H,4,7-8,10-12,23H2,1-3H3,(H,24,28)/t16-/m0/s1. The largest absolute Gasteiger partial charge is 0.433 e. The third-order valence-electron chi connectivity index (χ3n) is 4.71. The molecule has 0 unspecified atom stereocenters. The number of carbonyl (C=O) groups excluding carboxylic acids is 2. The van der Waals surface area contributed by atoms with Gasteiger partial charge in [-0.25, -0.2) is 0 Å². The van der Waals surface area contributed by atoms with E-state index in [0.717, 1.165) is 0 Å². The SMILES string of the molecule is CCN(CC(C)C)[C@@H](CN)C(=O)Nc1ccc(N2CCOCC2=O)cc1OC(F)F. The van der Waals surface area contributed by atoms with E-state index < -0.39 is 18.6 Å². The van der Waals surface area contributed by atoms with Gasteiger partial charge < -0.3 is 25.4 Å². The molecule has 1 aromatic carbocycles. The Morgan fingerprint density at radius 3 is 2.70 bits per heavy atom. The van der Waals surface area contributed by atoms with Crippen LogP contribution in [0.25, 0.3) is 0 Å². The van der Waals surface area contributed by atoms with E-state index in [2.05, 4.69) is 10.1 Å². The van der Waals surface area contributed by atoms with Crippen LogP contribution in [0, 0.1) is 5.92 Å². The van der Waals surface area contributed by atoms with E-state index in [0.29, 0.717) is 37.8 Å². The molecule has 1 heterocycles. The molecular formula is C20H30F2N4O4. The minimum Gasteiger partial charge on any atom is -0.433 e. The fraction of sp³-hybridized carbons (Fsp3) is 0.600. The average Bonchev–Trinajstić information content (AvgIpc) is 2.68. The number of halogens is 2. The molecule has 1 aromatic rings. The van der Waals surface area contributed by atoms with Crippen molar-refractivity contribution in [3.63, 3.8) is 0 Å². The fourth-order valence-electron chi connectivity index (χ4n) is 3.35. The first kappa shape index (κ1) is 24.0. The molecule has 1 aliphatic heterocycles. The molecule has 0 aliphatic carbocycles. The molecule has 168 valence electrons. The minimum absolute atomic E-state index is 0.0790. The number of nitrogens with one attached hydrogen (secondary N) is 1. The second-order valence-electron chi connectivity index (χ2n) is 7.38. The molecule has 2 rings (SSSR count). The molecule has 0 saturated carbocycles. The van der Waals surface area contributed by atoms with Gasteiger partial charge in [0, 0.05) is 31.4 Å².